The molecular weight excluding hydrogens is 342 g/mol. The second-order valence-corrected chi connectivity index (χ2v) is 6.04. The van der Waals surface area contributed by atoms with E-state index in [2.05, 4.69) is 21.8 Å². The lowest BCUT2D eigenvalue weighted by molar-refractivity contribution is 0.0909. The third-order valence-corrected chi connectivity index (χ3v) is 4.33. The zero-order valence-electron chi connectivity index (χ0n) is 13.5. The van der Waals surface area contributed by atoms with Crippen LogP contribution in [0.4, 0.5) is 0 Å². The van der Waals surface area contributed by atoms with Crippen LogP contribution in [0.25, 0.3) is 0 Å². The van der Waals surface area contributed by atoms with Crippen molar-refractivity contribution in [1.29, 1.82) is 5.26 Å². The van der Waals surface area contributed by atoms with Crippen molar-refractivity contribution in [2.75, 3.05) is 13.2 Å². The molecule has 1 aromatic carbocycles. The highest BCUT2D eigenvalue weighted by molar-refractivity contribution is 5.92. The van der Waals surface area contributed by atoms with Gasteiger partial charge in [0.1, 0.15) is 12.4 Å². The number of nitrogens with one attached hydrogen (secondary N) is 2. The lowest BCUT2D eigenvalue weighted by atomic mass is 10.0. The number of hydrogen-bond acceptors (Lipinski definition) is 5. The molecule has 2 N–H and O–H groups in total. The van der Waals surface area contributed by atoms with Crippen molar-refractivity contribution in [2.24, 2.45) is 0 Å². The molecule has 0 aliphatic carbocycles. The predicted molar refractivity (Wildman–Crippen MR) is 92.8 cm³/mol. The quantitative estimate of drug-likeness (QED) is 0.835. The Morgan fingerprint density at radius 2 is 2.32 bits per heavy atom. The summed E-state index contributed by atoms with van der Waals surface area (Å²) in [7, 11) is 0. The molecular formula is C17H18ClN5O2. The maximum absolute atomic E-state index is 12.5. The molecule has 0 radical (unpaired) electrons. The van der Waals surface area contributed by atoms with Crippen molar-refractivity contribution in [1.82, 2.24) is 20.4 Å². The van der Waals surface area contributed by atoms with Crippen LogP contribution < -0.4 is 15.4 Å². The van der Waals surface area contributed by atoms with E-state index in [1.165, 1.54) is 0 Å². The zero-order valence-corrected chi connectivity index (χ0v) is 14.3. The molecule has 0 bridgehead atoms. The Morgan fingerprint density at radius 3 is 3.12 bits per heavy atom. The maximum atomic E-state index is 12.5. The van der Waals surface area contributed by atoms with E-state index in [-0.39, 0.29) is 24.4 Å². The minimum atomic E-state index is -0.189. The second kappa shape index (κ2) is 7.13. The number of ether oxygens (including phenoxy) is 1. The molecule has 0 spiro atoms. The van der Waals surface area contributed by atoms with Gasteiger partial charge in [-0.25, -0.2) is 0 Å². The van der Waals surface area contributed by atoms with E-state index in [1.54, 1.807) is 6.07 Å². The van der Waals surface area contributed by atoms with Crippen LogP contribution in [0.2, 0.25) is 0 Å². The molecule has 0 saturated heterocycles. The molecule has 1 amide bonds. The van der Waals surface area contributed by atoms with Crippen molar-refractivity contribution >= 4 is 18.3 Å². The first kappa shape index (κ1) is 17.3. The van der Waals surface area contributed by atoms with Crippen LogP contribution in [0.3, 0.4) is 0 Å². The molecule has 2 aliphatic rings. The van der Waals surface area contributed by atoms with Gasteiger partial charge in [0, 0.05) is 13.1 Å². The fourth-order valence-electron chi connectivity index (χ4n) is 3.12. The zero-order chi connectivity index (χ0) is 16.5. The van der Waals surface area contributed by atoms with Gasteiger partial charge >= 0.3 is 0 Å². The largest absolute Gasteiger partial charge is 0.491 e. The number of halogens is 1. The first-order chi connectivity index (χ1) is 11.7. The number of nitrogens with zero attached hydrogens (tertiary/aromatic N) is 3. The van der Waals surface area contributed by atoms with E-state index >= 15 is 0 Å². The van der Waals surface area contributed by atoms with E-state index in [4.69, 9.17) is 10.00 Å². The highest BCUT2D eigenvalue weighted by Gasteiger charge is 2.24. The van der Waals surface area contributed by atoms with Gasteiger partial charge in [-0.3, -0.25) is 9.48 Å². The average Bonchev–Trinajstić information content (AvgIpc) is 3.05. The molecule has 3 heterocycles. The summed E-state index contributed by atoms with van der Waals surface area (Å²) in [5, 5.41) is 19.6. The molecule has 2 aromatic rings. The SMILES string of the molecule is Cl.N#Cc1ccc2c(c1)C[C@@H](NC(=O)c1cc3n(n1)CCNC3)CO2. The highest BCUT2D eigenvalue weighted by atomic mass is 35.5. The van der Waals surface area contributed by atoms with Crippen LogP contribution in [-0.2, 0) is 19.5 Å². The number of aromatic nitrogens is 2. The van der Waals surface area contributed by atoms with Crippen molar-refractivity contribution in [3.63, 3.8) is 0 Å². The number of carbonyl (C=O) groups is 1. The summed E-state index contributed by atoms with van der Waals surface area (Å²) in [5.41, 5.74) is 3.00. The number of carbonyl (C=O) groups excluding carboxylic acids is 1. The minimum Gasteiger partial charge on any atom is -0.491 e. The number of fused-ring (bicyclic) bond motifs is 2. The van der Waals surface area contributed by atoms with E-state index in [0.717, 1.165) is 36.6 Å². The lowest BCUT2D eigenvalue weighted by Gasteiger charge is -2.25. The summed E-state index contributed by atoms with van der Waals surface area (Å²) >= 11 is 0. The van der Waals surface area contributed by atoms with Crippen LogP contribution in [-0.4, -0.2) is 34.9 Å². The van der Waals surface area contributed by atoms with Gasteiger partial charge in [-0.15, -0.1) is 12.4 Å². The fraction of sp³-hybridized carbons (Fsp3) is 0.353. The Balaban J connectivity index is 0.00000182. The molecule has 130 valence electrons. The summed E-state index contributed by atoms with van der Waals surface area (Å²) in [4.78, 5) is 12.5. The van der Waals surface area contributed by atoms with Crippen LogP contribution in [0.5, 0.6) is 5.75 Å². The molecule has 0 saturated carbocycles. The standard InChI is InChI=1S/C17H17N5O2.ClH/c18-8-11-1-2-16-12(5-11)6-13(10-24-16)20-17(23)15-7-14-9-19-3-4-22(14)21-15;/h1-2,5,7,13,19H,3-4,6,9-10H2,(H,20,23);1H/t13-;/m1./s1. The Morgan fingerprint density at radius 1 is 1.44 bits per heavy atom. The fourth-order valence-corrected chi connectivity index (χ4v) is 3.12. The van der Waals surface area contributed by atoms with Gasteiger partial charge in [-0.1, -0.05) is 0 Å². The number of benzene rings is 1. The maximum Gasteiger partial charge on any atom is 0.272 e. The summed E-state index contributed by atoms with van der Waals surface area (Å²) in [6.45, 7) is 2.79. The third kappa shape index (κ3) is 3.45. The molecule has 2 aliphatic heterocycles. The Kier molecular flexibility index (Phi) is 4.93. The number of nitriles is 1. The van der Waals surface area contributed by atoms with E-state index in [1.807, 2.05) is 22.9 Å². The number of rotatable bonds is 2. The van der Waals surface area contributed by atoms with Crippen LogP contribution in [0.1, 0.15) is 27.3 Å². The van der Waals surface area contributed by atoms with Gasteiger partial charge in [-0.05, 0) is 36.2 Å². The van der Waals surface area contributed by atoms with Gasteiger partial charge in [0.05, 0.1) is 29.9 Å². The number of amides is 1. The Hall–Kier alpha value is -2.56. The van der Waals surface area contributed by atoms with E-state index in [9.17, 15) is 4.79 Å². The molecule has 1 aromatic heterocycles. The molecule has 1 atom stereocenters. The first-order valence-electron chi connectivity index (χ1n) is 7.97. The summed E-state index contributed by atoms with van der Waals surface area (Å²) in [5.74, 6) is 0.591. The van der Waals surface area contributed by atoms with Gasteiger partial charge in [0.15, 0.2) is 5.69 Å². The highest BCUT2D eigenvalue weighted by Crippen LogP contribution is 2.25. The van der Waals surface area contributed by atoms with Crippen molar-refractivity contribution in [3.05, 3.63) is 46.8 Å². The predicted octanol–water partition coefficient (Wildman–Crippen LogP) is 1.01. The van der Waals surface area contributed by atoms with Gasteiger partial charge in [0.25, 0.3) is 5.91 Å². The number of hydrogen-bond donors (Lipinski definition) is 2. The third-order valence-electron chi connectivity index (χ3n) is 4.33. The van der Waals surface area contributed by atoms with Crippen LogP contribution in [0, 0.1) is 11.3 Å². The van der Waals surface area contributed by atoms with E-state index in [0.29, 0.717) is 24.3 Å². The van der Waals surface area contributed by atoms with Crippen molar-refractivity contribution < 1.29 is 9.53 Å². The Bertz CT molecular complexity index is 819. The molecule has 0 fully saturated rings. The first-order valence-corrected chi connectivity index (χ1v) is 7.97. The molecule has 25 heavy (non-hydrogen) atoms. The summed E-state index contributed by atoms with van der Waals surface area (Å²) in [6, 6.07) is 9.18. The Labute approximate surface area is 151 Å². The van der Waals surface area contributed by atoms with Crippen molar-refractivity contribution in [2.45, 2.75) is 25.6 Å². The minimum absolute atomic E-state index is 0. The van der Waals surface area contributed by atoms with Gasteiger partial charge in [-0.2, -0.15) is 10.4 Å². The molecule has 7 nitrogen and oxygen atoms in total. The summed E-state index contributed by atoms with van der Waals surface area (Å²) in [6.07, 6.45) is 0.645. The topological polar surface area (TPSA) is 92.0 Å². The summed E-state index contributed by atoms with van der Waals surface area (Å²) < 4.78 is 7.57. The van der Waals surface area contributed by atoms with Crippen LogP contribution in [0.15, 0.2) is 24.3 Å². The smallest absolute Gasteiger partial charge is 0.272 e. The molecule has 4 rings (SSSR count). The van der Waals surface area contributed by atoms with Crippen molar-refractivity contribution in [3.8, 4) is 11.8 Å². The molecule has 8 heteroatoms. The lowest BCUT2D eigenvalue weighted by Crippen LogP contribution is -2.42. The van der Waals surface area contributed by atoms with E-state index < -0.39 is 0 Å². The monoisotopic (exact) mass is 359 g/mol. The van der Waals surface area contributed by atoms with Gasteiger partial charge in [0.2, 0.25) is 0 Å². The molecule has 0 unspecified atom stereocenters. The normalized spacial score (nSPS) is 18.0. The van der Waals surface area contributed by atoms with Gasteiger partial charge < -0.3 is 15.4 Å². The van der Waals surface area contributed by atoms with Crippen LogP contribution >= 0.6 is 12.4 Å². The average molecular weight is 360 g/mol. The second-order valence-electron chi connectivity index (χ2n) is 6.04.